The van der Waals surface area contributed by atoms with Crippen LogP contribution in [0, 0.1) is 5.92 Å². The lowest BCUT2D eigenvalue weighted by atomic mass is 9.98. The van der Waals surface area contributed by atoms with Crippen LogP contribution in [0.2, 0.25) is 0 Å². The minimum absolute atomic E-state index is 0.238. The van der Waals surface area contributed by atoms with Crippen molar-refractivity contribution in [3.63, 3.8) is 0 Å². The molecule has 1 saturated heterocycles. The Kier molecular flexibility index (Phi) is 6.28. The summed E-state index contributed by atoms with van der Waals surface area (Å²) in [5, 5.41) is 0. The molecule has 1 fully saturated rings. The van der Waals surface area contributed by atoms with Crippen LogP contribution in [0.5, 0.6) is 5.88 Å². The lowest BCUT2D eigenvalue weighted by Gasteiger charge is -2.31. The third kappa shape index (κ3) is 5.46. The molecular formula is C19H21BrN2O3. The van der Waals surface area contributed by atoms with Gasteiger partial charge in [-0.25, -0.2) is 9.78 Å². The first kappa shape index (κ1) is 17.7. The Labute approximate surface area is 156 Å². The van der Waals surface area contributed by atoms with E-state index >= 15 is 0 Å². The van der Waals surface area contributed by atoms with Crippen molar-refractivity contribution >= 4 is 22.0 Å². The second-order valence-electron chi connectivity index (χ2n) is 6.10. The zero-order chi connectivity index (χ0) is 17.5. The lowest BCUT2D eigenvalue weighted by molar-refractivity contribution is 0.0757. The van der Waals surface area contributed by atoms with Crippen molar-refractivity contribution in [3.8, 4) is 5.88 Å². The molecule has 1 aliphatic rings. The number of piperidine rings is 1. The lowest BCUT2D eigenvalue weighted by Crippen LogP contribution is -2.40. The molecule has 1 aliphatic heterocycles. The number of benzene rings is 1. The molecule has 0 N–H and O–H groups in total. The maximum atomic E-state index is 12.1. The molecule has 0 aliphatic carbocycles. The van der Waals surface area contributed by atoms with Crippen LogP contribution in [-0.2, 0) is 11.3 Å². The Morgan fingerprint density at radius 2 is 1.92 bits per heavy atom. The van der Waals surface area contributed by atoms with E-state index in [0.717, 1.165) is 22.9 Å². The predicted octanol–water partition coefficient (Wildman–Crippen LogP) is 4.27. The van der Waals surface area contributed by atoms with Crippen LogP contribution < -0.4 is 4.74 Å². The van der Waals surface area contributed by atoms with Gasteiger partial charge >= 0.3 is 6.09 Å². The first-order valence-corrected chi connectivity index (χ1v) is 9.20. The molecule has 2 heterocycles. The molecule has 2 aromatic rings. The van der Waals surface area contributed by atoms with Crippen LogP contribution >= 0.6 is 15.9 Å². The highest BCUT2D eigenvalue weighted by Gasteiger charge is 2.24. The van der Waals surface area contributed by atoms with E-state index in [0.29, 0.717) is 38.1 Å². The number of hydrogen-bond acceptors (Lipinski definition) is 4. The maximum Gasteiger partial charge on any atom is 0.410 e. The molecule has 0 radical (unpaired) electrons. The third-order valence-corrected chi connectivity index (χ3v) is 4.71. The highest BCUT2D eigenvalue weighted by molar-refractivity contribution is 9.10. The fourth-order valence-corrected chi connectivity index (χ4v) is 2.98. The van der Waals surface area contributed by atoms with E-state index in [2.05, 4.69) is 20.9 Å². The van der Waals surface area contributed by atoms with Gasteiger partial charge in [-0.05, 0) is 46.3 Å². The number of nitrogens with zero attached hydrogens (tertiary/aromatic N) is 2. The summed E-state index contributed by atoms with van der Waals surface area (Å²) in [7, 11) is 0. The molecule has 5 nitrogen and oxygen atoms in total. The average Bonchev–Trinajstić information content (AvgIpc) is 2.67. The molecule has 1 amide bonds. The van der Waals surface area contributed by atoms with E-state index in [-0.39, 0.29) is 6.09 Å². The molecule has 0 unspecified atom stereocenters. The van der Waals surface area contributed by atoms with Gasteiger partial charge in [0, 0.05) is 29.8 Å². The number of halogens is 1. The van der Waals surface area contributed by atoms with Crippen molar-refractivity contribution in [2.24, 2.45) is 5.92 Å². The number of likely N-dealkylation sites (tertiary alicyclic amines) is 1. The molecule has 0 bridgehead atoms. The molecule has 132 valence electrons. The fraction of sp³-hybridized carbons (Fsp3) is 0.368. The van der Waals surface area contributed by atoms with Crippen molar-refractivity contribution in [2.75, 3.05) is 19.7 Å². The van der Waals surface area contributed by atoms with Crippen LogP contribution in [-0.4, -0.2) is 35.7 Å². The number of rotatable bonds is 5. The monoisotopic (exact) mass is 404 g/mol. The highest BCUT2D eigenvalue weighted by Crippen LogP contribution is 2.20. The van der Waals surface area contributed by atoms with Crippen molar-refractivity contribution in [1.29, 1.82) is 0 Å². The first-order chi connectivity index (χ1) is 12.2. The van der Waals surface area contributed by atoms with Gasteiger partial charge in [-0.3, -0.25) is 0 Å². The SMILES string of the molecule is O=C(OCc1ccccc1)N1CCC(COc2ccc(Br)cn2)CC1. The van der Waals surface area contributed by atoms with E-state index in [9.17, 15) is 4.79 Å². The minimum atomic E-state index is -0.238. The van der Waals surface area contributed by atoms with Crippen LogP contribution in [0.25, 0.3) is 0 Å². The zero-order valence-electron chi connectivity index (χ0n) is 13.9. The Hall–Kier alpha value is -2.08. The average molecular weight is 405 g/mol. The van der Waals surface area contributed by atoms with Gasteiger partial charge in [-0.15, -0.1) is 0 Å². The second kappa shape index (κ2) is 8.85. The Balaban J connectivity index is 1.37. The number of aromatic nitrogens is 1. The fourth-order valence-electron chi connectivity index (χ4n) is 2.74. The van der Waals surface area contributed by atoms with E-state index in [1.54, 1.807) is 11.1 Å². The maximum absolute atomic E-state index is 12.1. The molecule has 0 spiro atoms. The molecule has 1 aromatic carbocycles. The molecule has 6 heteroatoms. The van der Waals surface area contributed by atoms with Gasteiger partial charge in [0.05, 0.1) is 6.61 Å². The van der Waals surface area contributed by atoms with Gasteiger partial charge in [0.2, 0.25) is 5.88 Å². The summed E-state index contributed by atoms with van der Waals surface area (Å²) >= 11 is 3.35. The summed E-state index contributed by atoms with van der Waals surface area (Å²) in [5.41, 5.74) is 1.00. The summed E-state index contributed by atoms with van der Waals surface area (Å²) in [6, 6.07) is 13.5. The molecule has 0 atom stereocenters. The van der Waals surface area contributed by atoms with Gasteiger partial charge in [0.1, 0.15) is 6.61 Å². The molecule has 1 aromatic heterocycles. The molecule has 0 saturated carbocycles. The van der Waals surface area contributed by atoms with E-state index in [4.69, 9.17) is 9.47 Å². The molecule has 3 rings (SSSR count). The normalized spacial score (nSPS) is 15.0. The Morgan fingerprint density at radius 3 is 2.60 bits per heavy atom. The number of carbonyl (C=O) groups is 1. The Bertz CT molecular complexity index is 671. The summed E-state index contributed by atoms with van der Waals surface area (Å²) < 4.78 is 12.1. The van der Waals surface area contributed by atoms with Gasteiger partial charge in [0.15, 0.2) is 0 Å². The second-order valence-corrected chi connectivity index (χ2v) is 7.01. The van der Waals surface area contributed by atoms with Crippen LogP contribution in [0.15, 0.2) is 53.1 Å². The van der Waals surface area contributed by atoms with E-state index in [1.165, 1.54) is 0 Å². The zero-order valence-corrected chi connectivity index (χ0v) is 15.5. The van der Waals surface area contributed by atoms with Crippen LogP contribution in [0.4, 0.5) is 4.79 Å². The van der Waals surface area contributed by atoms with Crippen LogP contribution in [0.3, 0.4) is 0 Å². The number of hydrogen-bond donors (Lipinski definition) is 0. The summed E-state index contributed by atoms with van der Waals surface area (Å²) in [6.45, 7) is 2.35. The van der Waals surface area contributed by atoms with Gasteiger partial charge in [0.25, 0.3) is 0 Å². The van der Waals surface area contributed by atoms with Crippen molar-refractivity contribution in [3.05, 3.63) is 58.7 Å². The smallest absolute Gasteiger partial charge is 0.410 e. The van der Waals surface area contributed by atoms with Crippen LogP contribution in [0.1, 0.15) is 18.4 Å². The number of carbonyl (C=O) groups excluding carboxylic acids is 1. The quantitative estimate of drug-likeness (QED) is 0.746. The number of amides is 1. The molecular weight excluding hydrogens is 384 g/mol. The molecule has 25 heavy (non-hydrogen) atoms. The standard InChI is InChI=1S/C19H21BrN2O3/c20-17-6-7-18(21-12-17)24-13-16-8-10-22(11-9-16)19(23)25-14-15-4-2-1-3-5-15/h1-7,12,16H,8-11,13-14H2. The largest absolute Gasteiger partial charge is 0.477 e. The first-order valence-electron chi connectivity index (χ1n) is 8.40. The summed E-state index contributed by atoms with van der Waals surface area (Å²) in [6.07, 6.45) is 3.31. The van der Waals surface area contributed by atoms with Gasteiger partial charge in [-0.1, -0.05) is 30.3 Å². The van der Waals surface area contributed by atoms with Gasteiger partial charge in [-0.2, -0.15) is 0 Å². The topological polar surface area (TPSA) is 51.7 Å². The van der Waals surface area contributed by atoms with Crippen molar-refractivity contribution in [2.45, 2.75) is 19.4 Å². The predicted molar refractivity (Wildman–Crippen MR) is 98.4 cm³/mol. The van der Waals surface area contributed by atoms with E-state index in [1.807, 2.05) is 42.5 Å². The Morgan fingerprint density at radius 1 is 1.16 bits per heavy atom. The van der Waals surface area contributed by atoms with Crippen molar-refractivity contribution in [1.82, 2.24) is 9.88 Å². The summed E-state index contributed by atoms with van der Waals surface area (Å²) in [4.78, 5) is 18.1. The third-order valence-electron chi connectivity index (χ3n) is 4.25. The van der Waals surface area contributed by atoms with Crippen molar-refractivity contribution < 1.29 is 14.3 Å². The minimum Gasteiger partial charge on any atom is -0.477 e. The number of pyridine rings is 1. The summed E-state index contributed by atoms with van der Waals surface area (Å²) in [5.74, 6) is 1.07. The van der Waals surface area contributed by atoms with Gasteiger partial charge < -0.3 is 14.4 Å². The number of ether oxygens (including phenoxy) is 2. The van der Waals surface area contributed by atoms with E-state index < -0.39 is 0 Å². The highest BCUT2D eigenvalue weighted by atomic mass is 79.9.